The van der Waals surface area contributed by atoms with Gasteiger partial charge in [-0.1, -0.05) is 32.9 Å². The number of carbonyl (C=O) groups excluding carboxylic acids is 1. The van der Waals surface area contributed by atoms with Crippen LogP contribution in [0.2, 0.25) is 0 Å². The SMILES string of the molecule is CC(C)(C)C1CCc2c(sc3nc(CCC(=O)N4CCN(c5ccccc5F)CC4)[nH]c(=O)c23)C1. The number of aromatic nitrogens is 2. The first-order valence-corrected chi connectivity index (χ1v) is 13.3. The van der Waals surface area contributed by atoms with Crippen LogP contribution in [0.4, 0.5) is 10.1 Å². The second kappa shape index (κ2) is 9.37. The summed E-state index contributed by atoms with van der Waals surface area (Å²) in [6.45, 7) is 9.18. The van der Waals surface area contributed by atoms with Crippen LogP contribution >= 0.6 is 11.3 Å². The number of anilines is 1. The lowest BCUT2D eigenvalue weighted by Gasteiger charge is -2.36. The number of halogens is 1. The number of rotatable bonds is 4. The van der Waals surface area contributed by atoms with Crippen molar-refractivity contribution in [1.82, 2.24) is 14.9 Å². The fourth-order valence-corrected chi connectivity index (χ4v) is 6.69. The van der Waals surface area contributed by atoms with E-state index in [1.165, 1.54) is 16.5 Å². The van der Waals surface area contributed by atoms with Crippen molar-refractivity contribution >= 4 is 33.1 Å². The number of hydrogen-bond donors (Lipinski definition) is 1. The highest BCUT2D eigenvalue weighted by Gasteiger charge is 2.31. The molecule has 1 aliphatic carbocycles. The number of hydrogen-bond acceptors (Lipinski definition) is 5. The zero-order valence-electron chi connectivity index (χ0n) is 20.7. The lowest BCUT2D eigenvalue weighted by molar-refractivity contribution is -0.131. The van der Waals surface area contributed by atoms with Crippen LogP contribution in [-0.4, -0.2) is 47.0 Å². The van der Waals surface area contributed by atoms with Gasteiger partial charge in [0.2, 0.25) is 5.91 Å². The fraction of sp³-hybridized carbons (Fsp3) is 0.519. The highest BCUT2D eigenvalue weighted by Crippen LogP contribution is 2.42. The maximum atomic E-state index is 14.1. The molecule has 1 unspecified atom stereocenters. The molecule has 1 amide bonds. The third-order valence-corrected chi connectivity index (χ3v) is 8.74. The Hall–Kier alpha value is -2.74. The van der Waals surface area contributed by atoms with Crippen molar-refractivity contribution in [3.63, 3.8) is 0 Å². The molecule has 3 heterocycles. The number of amides is 1. The average Bonchev–Trinajstić information content (AvgIpc) is 3.20. The molecule has 0 saturated carbocycles. The van der Waals surface area contributed by atoms with Gasteiger partial charge in [-0.05, 0) is 48.3 Å². The second-order valence-corrected chi connectivity index (χ2v) is 11.9. The summed E-state index contributed by atoms with van der Waals surface area (Å²) in [5.74, 6) is 0.992. The van der Waals surface area contributed by atoms with Crippen LogP contribution in [0.15, 0.2) is 29.1 Å². The van der Waals surface area contributed by atoms with Gasteiger partial charge in [-0.15, -0.1) is 11.3 Å². The number of aryl methyl sites for hydroxylation is 2. The Morgan fingerprint density at radius 3 is 2.66 bits per heavy atom. The molecule has 0 bridgehead atoms. The van der Waals surface area contributed by atoms with Gasteiger partial charge in [-0.2, -0.15) is 0 Å². The lowest BCUT2D eigenvalue weighted by atomic mass is 9.72. The molecule has 6 nitrogen and oxygen atoms in total. The zero-order chi connectivity index (χ0) is 24.7. The third-order valence-electron chi connectivity index (χ3n) is 7.59. The zero-order valence-corrected chi connectivity index (χ0v) is 21.5. The monoisotopic (exact) mass is 496 g/mol. The third kappa shape index (κ3) is 4.85. The molecule has 1 aromatic carbocycles. The number of carbonyl (C=O) groups is 1. The number of aromatic amines is 1. The Balaban J connectivity index is 1.22. The molecule has 3 aromatic rings. The van der Waals surface area contributed by atoms with Crippen LogP contribution in [0.25, 0.3) is 10.2 Å². The maximum Gasteiger partial charge on any atom is 0.259 e. The molecule has 0 spiro atoms. The summed E-state index contributed by atoms with van der Waals surface area (Å²) in [5.41, 5.74) is 1.93. The number of piperazine rings is 1. The van der Waals surface area contributed by atoms with Gasteiger partial charge in [0.05, 0.1) is 11.1 Å². The molecular formula is C27H33FN4O2S. The lowest BCUT2D eigenvalue weighted by Crippen LogP contribution is -2.49. The first-order valence-electron chi connectivity index (χ1n) is 12.5. The number of nitrogens with one attached hydrogen (secondary N) is 1. The summed E-state index contributed by atoms with van der Waals surface area (Å²) >= 11 is 1.65. The summed E-state index contributed by atoms with van der Waals surface area (Å²) in [6, 6.07) is 6.75. The quantitative estimate of drug-likeness (QED) is 0.575. The van der Waals surface area contributed by atoms with Gasteiger partial charge in [-0.3, -0.25) is 9.59 Å². The molecular weight excluding hydrogens is 463 g/mol. The highest BCUT2D eigenvalue weighted by atomic mass is 32.1. The number of H-pyrrole nitrogens is 1. The van der Waals surface area contributed by atoms with E-state index >= 15 is 0 Å². The van der Waals surface area contributed by atoms with Crippen LogP contribution in [0.1, 0.15) is 49.9 Å². The van der Waals surface area contributed by atoms with E-state index in [0.29, 0.717) is 56.5 Å². The average molecular weight is 497 g/mol. The van der Waals surface area contributed by atoms with Crippen molar-refractivity contribution in [2.75, 3.05) is 31.1 Å². The molecule has 35 heavy (non-hydrogen) atoms. The number of benzene rings is 1. The van der Waals surface area contributed by atoms with Gasteiger partial charge in [0.25, 0.3) is 5.56 Å². The summed E-state index contributed by atoms with van der Waals surface area (Å²) in [7, 11) is 0. The van der Waals surface area contributed by atoms with Crippen LogP contribution < -0.4 is 10.5 Å². The minimum atomic E-state index is -0.234. The summed E-state index contributed by atoms with van der Waals surface area (Å²) in [6.07, 6.45) is 3.74. The van der Waals surface area contributed by atoms with Crippen molar-refractivity contribution in [3.05, 3.63) is 56.7 Å². The first-order chi connectivity index (χ1) is 16.7. The Bertz CT molecular complexity index is 1300. The van der Waals surface area contributed by atoms with Crippen molar-refractivity contribution in [3.8, 4) is 0 Å². The standard InChI is InChI=1S/C27H33FN4O2S/c1-27(2,3)17-8-9-18-21(16-17)35-26-24(18)25(34)29-22(30-26)10-11-23(33)32-14-12-31(13-15-32)20-7-5-4-6-19(20)28/h4-7,17H,8-16H2,1-3H3,(H,29,30,34). The van der Waals surface area contributed by atoms with E-state index in [9.17, 15) is 14.0 Å². The van der Waals surface area contributed by atoms with E-state index in [0.717, 1.165) is 29.5 Å². The first kappa shape index (κ1) is 24.0. The number of fused-ring (bicyclic) bond motifs is 3. The van der Waals surface area contributed by atoms with E-state index in [2.05, 4.69) is 25.8 Å². The number of para-hydroxylation sites is 1. The topological polar surface area (TPSA) is 69.3 Å². The van der Waals surface area contributed by atoms with E-state index < -0.39 is 0 Å². The van der Waals surface area contributed by atoms with Crippen LogP contribution in [0.5, 0.6) is 0 Å². The predicted octanol–water partition coefficient (Wildman–Crippen LogP) is 4.56. The van der Waals surface area contributed by atoms with Gasteiger partial charge in [0.15, 0.2) is 0 Å². The molecule has 1 N–H and O–H groups in total. The van der Waals surface area contributed by atoms with E-state index in [1.807, 2.05) is 15.9 Å². The Kier molecular flexibility index (Phi) is 6.42. The van der Waals surface area contributed by atoms with E-state index in [-0.39, 0.29) is 22.7 Å². The molecule has 0 radical (unpaired) electrons. The number of thiophene rings is 1. The Morgan fingerprint density at radius 1 is 1.20 bits per heavy atom. The fourth-order valence-electron chi connectivity index (χ4n) is 5.37. The summed E-state index contributed by atoms with van der Waals surface area (Å²) in [4.78, 5) is 39.4. The van der Waals surface area contributed by atoms with E-state index in [4.69, 9.17) is 4.98 Å². The largest absolute Gasteiger partial charge is 0.366 e. The van der Waals surface area contributed by atoms with E-state index in [1.54, 1.807) is 23.5 Å². The van der Waals surface area contributed by atoms with Gasteiger partial charge in [0.1, 0.15) is 16.5 Å². The minimum Gasteiger partial charge on any atom is -0.366 e. The summed E-state index contributed by atoms with van der Waals surface area (Å²) in [5, 5.41) is 0.747. The van der Waals surface area contributed by atoms with Crippen molar-refractivity contribution in [2.24, 2.45) is 11.3 Å². The maximum absolute atomic E-state index is 14.1. The molecule has 2 aliphatic rings. The molecule has 2 aromatic heterocycles. The Labute approximate surface area is 209 Å². The van der Waals surface area contributed by atoms with Crippen LogP contribution in [0, 0.1) is 17.2 Å². The normalized spacial score (nSPS) is 18.7. The van der Waals surface area contributed by atoms with Crippen LogP contribution in [0.3, 0.4) is 0 Å². The molecule has 186 valence electrons. The number of nitrogens with zero attached hydrogens (tertiary/aromatic N) is 3. The van der Waals surface area contributed by atoms with Crippen molar-refractivity contribution in [2.45, 2.75) is 52.9 Å². The minimum absolute atomic E-state index is 0.0411. The summed E-state index contributed by atoms with van der Waals surface area (Å²) < 4.78 is 14.1. The molecule has 1 saturated heterocycles. The van der Waals surface area contributed by atoms with Crippen molar-refractivity contribution < 1.29 is 9.18 Å². The molecule has 5 rings (SSSR count). The highest BCUT2D eigenvalue weighted by molar-refractivity contribution is 7.18. The van der Waals surface area contributed by atoms with Gasteiger partial charge in [0, 0.05) is 43.9 Å². The molecule has 1 aliphatic heterocycles. The Morgan fingerprint density at radius 2 is 1.94 bits per heavy atom. The smallest absolute Gasteiger partial charge is 0.259 e. The van der Waals surface area contributed by atoms with Gasteiger partial charge >= 0.3 is 0 Å². The molecule has 1 fully saturated rings. The predicted molar refractivity (Wildman–Crippen MR) is 139 cm³/mol. The van der Waals surface area contributed by atoms with Gasteiger partial charge < -0.3 is 14.8 Å². The molecule has 8 heteroatoms. The van der Waals surface area contributed by atoms with Crippen LogP contribution in [-0.2, 0) is 24.1 Å². The molecule has 1 atom stereocenters. The van der Waals surface area contributed by atoms with Gasteiger partial charge in [-0.25, -0.2) is 9.37 Å². The van der Waals surface area contributed by atoms with Crippen molar-refractivity contribution in [1.29, 1.82) is 0 Å². The second-order valence-electron chi connectivity index (χ2n) is 10.8.